The molecule has 0 aliphatic rings. The van der Waals surface area contributed by atoms with Crippen molar-refractivity contribution in [1.82, 2.24) is 9.97 Å². The van der Waals surface area contributed by atoms with Crippen LogP contribution in [0, 0.1) is 6.92 Å². The predicted octanol–water partition coefficient (Wildman–Crippen LogP) is 0.662. The number of nitrogens with two attached hydrogens (primary N) is 1. The van der Waals surface area contributed by atoms with Gasteiger partial charge in [0.15, 0.2) is 0 Å². The van der Waals surface area contributed by atoms with Crippen LogP contribution in [0.4, 0.5) is 0 Å². The van der Waals surface area contributed by atoms with Gasteiger partial charge in [0.1, 0.15) is 6.33 Å². The third-order valence-electron chi connectivity index (χ3n) is 1.35. The fraction of sp³-hybridized carbons (Fsp3) is 0.375. The SMILES string of the molecule is CC(N)=NCc1cc(C)ncn1. The van der Waals surface area contributed by atoms with Gasteiger partial charge >= 0.3 is 0 Å². The van der Waals surface area contributed by atoms with E-state index in [0.717, 1.165) is 11.4 Å². The number of aryl methyl sites for hydroxylation is 1. The van der Waals surface area contributed by atoms with Gasteiger partial charge in [0.05, 0.1) is 18.1 Å². The number of aliphatic imine (C=N–C) groups is 1. The van der Waals surface area contributed by atoms with Crippen molar-refractivity contribution in [2.75, 3.05) is 0 Å². The lowest BCUT2D eigenvalue weighted by atomic mass is 10.3. The molecule has 0 saturated heterocycles. The van der Waals surface area contributed by atoms with Gasteiger partial charge in [-0.25, -0.2) is 9.97 Å². The van der Waals surface area contributed by atoms with Crippen molar-refractivity contribution < 1.29 is 0 Å². The van der Waals surface area contributed by atoms with Crippen LogP contribution < -0.4 is 5.73 Å². The summed E-state index contributed by atoms with van der Waals surface area (Å²) in [7, 11) is 0. The minimum Gasteiger partial charge on any atom is -0.388 e. The molecule has 0 unspecified atom stereocenters. The van der Waals surface area contributed by atoms with E-state index in [9.17, 15) is 0 Å². The van der Waals surface area contributed by atoms with E-state index in [2.05, 4.69) is 15.0 Å². The van der Waals surface area contributed by atoms with Gasteiger partial charge in [-0.2, -0.15) is 0 Å². The maximum Gasteiger partial charge on any atom is 0.115 e. The quantitative estimate of drug-likeness (QED) is 0.516. The molecule has 4 nitrogen and oxygen atoms in total. The number of hydrogen-bond donors (Lipinski definition) is 1. The van der Waals surface area contributed by atoms with Crippen molar-refractivity contribution in [3.63, 3.8) is 0 Å². The van der Waals surface area contributed by atoms with E-state index >= 15 is 0 Å². The molecule has 0 atom stereocenters. The molecule has 0 amide bonds. The third-order valence-corrected chi connectivity index (χ3v) is 1.35. The van der Waals surface area contributed by atoms with Gasteiger partial charge in [-0.1, -0.05) is 0 Å². The zero-order valence-corrected chi connectivity index (χ0v) is 7.28. The molecule has 12 heavy (non-hydrogen) atoms. The van der Waals surface area contributed by atoms with Gasteiger partial charge in [0.2, 0.25) is 0 Å². The number of hydrogen-bond acceptors (Lipinski definition) is 3. The van der Waals surface area contributed by atoms with Gasteiger partial charge in [0, 0.05) is 5.69 Å². The molecule has 1 aromatic heterocycles. The Hall–Kier alpha value is -1.45. The van der Waals surface area contributed by atoms with Gasteiger partial charge in [-0.15, -0.1) is 0 Å². The molecule has 1 rings (SSSR count). The molecular weight excluding hydrogens is 152 g/mol. The molecule has 64 valence electrons. The Bertz CT molecular complexity index is 289. The number of nitrogens with zero attached hydrogens (tertiary/aromatic N) is 3. The first-order chi connectivity index (χ1) is 5.68. The minimum atomic E-state index is 0.533. The Morgan fingerprint density at radius 3 is 2.92 bits per heavy atom. The molecule has 0 aliphatic carbocycles. The van der Waals surface area contributed by atoms with E-state index in [1.54, 1.807) is 6.92 Å². The van der Waals surface area contributed by atoms with Crippen molar-refractivity contribution in [3.8, 4) is 0 Å². The average Bonchev–Trinajstić information content (AvgIpc) is 2.01. The summed E-state index contributed by atoms with van der Waals surface area (Å²) in [6, 6.07) is 1.90. The molecule has 1 aromatic rings. The summed E-state index contributed by atoms with van der Waals surface area (Å²) < 4.78 is 0. The Morgan fingerprint density at radius 1 is 1.58 bits per heavy atom. The molecule has 0 spiro atoms. The van der Waals surface area contributed by atoms with Crippen LogP contribution in [0.25, 0.3) is 0 Å². The number of rotatable bonds is 2. The minimum absolute atomic E-state index is 0.533. The third kappa shape index (κ3) is 2.65. The fourth-order valence-electron chi connectivity index (χ4n) is 0.802. The van der Waals surface area contributed by atoms with Gasteiger partial charge < -0.3 is 5.73 Å². The van der Waals surface area contributed by atoms with E-state index in [0.29, 0.717) is 12.4 Å². The first kappa shape index (κ1) is 8.64. The summed E-state index contributed by atoms with van der Waals surface area (Å²) in [6.07, 6.45) is 1.53. The maximum atomic E-state index is 5.38. The van der Waals surface area contributed by atoms with Crippen LogP contribution in [0.3, 0.4) is 0 Å². The lowest BCUT2D eigenvalue weighted by Crippen LogP contribution is -2.05. The molecule has 1 heterocycles. The topological polar surface area (TPSA) is 64.2 Å². The van der Waals surface area contributed by atoms with Crippen molar-refractivity contribution >= 4 is 5.84 Å². The summed E-state index contributed by atoms with van der Waals surface area (Å²) in [5.74, 6) is 0.575. The van der Waals surface area contributed by atoms with Gasteiger partial charge in [-0.05, 0) is 19.9 Å². The largest absolute Gasteiger partial charge is 0.388 e. The first-order valence-electron chi connectivity index (χ1n) is 3.72. The van der Waals surface area contributed by atoms with E-state index < -0.39 is 0 Å². The molecule has 0 bridgehead atoms. The highest BCUT2D eigenvalue weighted by molar-refractivity contribution is 5.77. The highest BCUT2D eigenvalue weighted by atomic mass is 14.9. The average molecular weight is 164 g/mol. The highest BCUT2D eigenvalue weighted by Gasteiger charge is 1.92. The summed E-state index contributed by atoms with van der Waals surface area (Å²) in [5, 5.41) is 0. The number of aromatic nitrogens is 2. The highest BCUT2D eigenvalue weighted by Crippen LogP contribution is 1.97. The Labute approximate surface area is 71.6 Å². The van der Waals surface area contributed by atoms with E-state index in [1.165, 1.54) is 6.33 Å². The monoisotopic (exact) mass is 164 g/mol. The molecule has 0 saturated carbocycles. The molecule has 2 N–H and O–H groups in total. The fourth-order valence-corrected chi connectivity index (χ4v) is 0.802. The summed E-state index contributed by atoms with van der Waals surface area (Å²) in [4.78, 5) is 12.1. The van der Waals surface area contributed by atoms with Crippen molar-refractivity contribution in [2.24, 2.45) is 10.7 Å². The van der Waals surface area contributed by atoms with Crippen LogP contribution in [0.15, 0.2) is 17.4 Å². The first-order valence-corrected chi connectivity index (χ1v) is 3.72. The van der Waals surface area contributed by atoms with Crippen molar-refractivity contribution in [3.05, 3.63) is 23.8 Å². The van der Waals surface area contributed by atoms with Crippen molar-refractivity contribution in [2.45, 2.75) is 20.4 Å². The zero-order chi connectivity index (χ0) is 8.97. The number of amidine groups is 1. The Kier molecular flexibility index (Phi) is 2.74. The van der Waals surface area contributed by atoms with Crippen LogP contribution >= 0.6 is 0 Å². The molecule has 0 aromatic carbocycles. The summed E-state index contributed by atoms with van der Waals surface area (Å²) >= 11 is 0. The second-order valence-corrected chi connectivity index (χ2v) is 2.61. The van der Waals surface area contributed by atoms with Gasteiger partial charge in [0.25, 0.3) is 0 Å². The summed E-state index contributed by atoms with van der Waals surface area (Å²) in [5.41, 5.74) is 7.23. The van der Waals surface area contributed by atoms with Crippen LogP contribution in [0.1, 0.15) is 18.3 Å². The molecule has 4 heteroatoms. The second-order valence-electron chi connectivity index (χ2n) is 2.61. The van der Waals surface area contributed by atoms with E-state index in [4.69, 9.17) is 5.73 Å². The summed E-state index contributed by atoms with van der Waals surface area (Å²) in [6.45, 7) is 4.21. The molecule has 0 aliphatic heterocycles. The van der Waals surface area contributed by atoms with Crippen LogP contribution in [-0.2, 0) is 6.54 Å². The Morgan fingerprint density at radius 2 is 2.33 bits per heavy atom. The van der Waals surface area contributed by atoms with E-state index in [1.807, 2.05) is 13.0 Å². The normalized spacial score (nSPS) is 11.7. The molecular formula is C8H12N4. The predicted molar refractivity (Wildman–Crippen MR) is 47.8 cm³/mol. The Balaban J connectivity index is 2.70. The zero-order valence-electron chi connectivity index (χ0n) is 7.28. The lowest BCUT2D eigenvalue weighted by molar-refractivity contribution is 0.944. The van der Waals surface area contributed by atoms with Crippen molar-refractivity contribution in [1.29, 1.82) is 0 Å². The lowest BCUT2D eigenvalue weighted by Gasteiger charge is -1.96. The smallest absolute Gasteiger partial charge is 0.115 e. The van der Waals surface area contributed by atoms with Crippen LogP contribution in [0.5, 0.6) is 0 Å². The molecule has 0 radical (unpaired) electrons. The van der Waals surface area contributed by atoms with Gasteiger partial charge in [-0.3, -0.25) is 4.99 Å². The molecule has 0 fully saturated rings. The van der Waals surface area contributed by atoms with E-state index in [-0.39, 0.29) is 0 Å². The maximum absolute atomic E-state index is 5.38. The second kappa shape index (κ2) is 3.80. The standard InChI is InChI=1S/C8H12N4/c1-6-3-8(12-5-11-6)4-10-7(2)9/h3,5H,4H2,1-2H3,(H2,9,10). The van der Waals surface area contributed by atoms with Crippen LogP contribution in [0.2, 0.25) is 0 Å². The van der Waals surface area contributed by atoms with Crippen LogP contribution in [-0.4, -0.2) is 15.8 Å².